The molecule has 112 valence electrons. The molecule has 0 atom stereocenters. The minimum absolute atomic E-state index is 0.143. The minimum atomic E-state index is -4.64. The number of para-hydroxylation sites is 1. The Labute approximate surface area is 114 Å². The van der Waals surface area contributed by atoms with Gasteiger partial charge in [-0.1, -0.05) is 12.1 Å². The number of alkyl halides is 3. The zero-order chi connectivity index (χ0) is 15.6. The molecule has 20 heavy (non-hydrogen) atoms. The molecule has 0 aliphatic carbocycles. The Bertz CT molecular complexity index is 594. The molecule has 0 aliphatic heterocycles. The van der Waals surface area contributed by atoms with Crippen molar-refractivity contribution >= 4 is 21.4 Å². The predicted molar refractivity (Wildman–Crippen MR) is 68.1 cm³/mol. The maximum absolute atomic E-state index is 12.1. The van der Waals surface area contributed by atoms with E-state index in [4.69, 9.17) is 0 Å². The van der Waals surface area contributed by atoms with Gasteiger partial charge in [-0.05, 0) is 26.0 Å². The van der Waals surface area contributed by atoms with E-state index >= 15 is 0 Å². The molecule has 0 bridgehead atoms. The van der Waals surface area contributed by atoms with Gasteiger partial charge in [0, 0.05) is 0 Å². The van der Waals surface area contributed by atoms with Crippen molar-refractivity contribution in [2.45, 2.75) is 36.6 Å². The quantitative estimate of drug-likeness (QED) is 0.930. The highest BCUT2D eigenvalue weighted by Gasteiger charge is 2.32. The second-order valence-electron chi connectivity index (χ2n) is 4.43. The summed E-state index contributed by atoms with van der Waals surface area (Å²) in [6, 6.07) is 5.37. The van der Waals surface area contributed by atoms with E-state index in [1.54, 1.807) is 0 Å². The predicted octanol–water partition coefficient (Wildman–Crippen LogP) is 2.76. The molecule has 0 heterocycles. The molecule has 0 aromatic heterocycles. The molecular formula is C12H14F3NO3S. The van der Waals surface area contributed by atoms with Crippen molar-refractivity contribution in [2.24, 2.45) is 0 Å². The van der Waals surface area contributed by atoms with Gasteiger partial charge in [-0.15, -0.1) is 0 Å². The highest BCUT2D eigenvalue weighted by Crippen LogP contribution is 2.26. The van der Waals surface area contributed by atoms with E-state index in [-0.39, 0.29) is 10.6 Å². The summed E-state index contributed by atoms with van der Waals surface area (Å²) in [4.78, 5) is 11.1. The van der Waals surface area contributed by atoms with E-state index in [0.29, 0.717) is 0 Å². The van der Waals surface area contributed by atoms with E-state index < -0.39 is 33.6 Å². The minimum Gasteiger partial charge on any atom is -0.325 e. The highest BCUT2D eigenvalue weighted by molar-refractivity contribution is 7.92. The van der Waals surface area contributed by atoms with Gasteiger partial charge in [0.2, 0.25) is 5.91 Å². The van der Waals surface area contributed by atoms with Crippen molar-refractivity contribution in [3.63, 3.8) is 0 Å². The Balaban J connectivity index is 3.07. The third-order valence-corrected chi connectivity index (χ3v) is 4.66. The molecule has 1 aromatic rings. The first-order chi connectivity index (χ1) is 9.04. The van der Waals surface area contributed by atoms with E-state index in [0.717, 1.165) is 0 Å². The van der Waals surface area contributed by atoms with Gasteiger partial charge in [-0.25, -0.2) is 8.42 Å². The maximum Gasteiger partial charge on any atom is 0.397 e. The fourth-order valence-electron chi connectivity index (χ4n) is 1.45. The summed E-state index contributed by atoms with van der Waals surface area (Å²) in [6.07, 6.45) is -6.31. The van der Waals surface area contributed by atoms with E-state index in [9.17, 15) is 26.4 Å². The molecule has 0 saturated heterocycles. The van der Waals surface area contributed by atoms with E-state index in [2.05, 4.69) is 0 Å². The molecule has 0 spiro atoms. The lowest BCUT2D eigenvalue weighted by atomic mass is 10.3. The normalized spacial score (nSPS) is 12.5. The van der Waals surface area contributed by atoms with Gasteiger partial charge in [0.25, 0.3) is 0 Å². The first-order valence-electron chi connectivity index (χ1n) is 5.73. The lowest BCUT2D eigenvalue weighted by molar-refractivity contribution is -0.150. The van der Waals surface area contributed by atoms with Gasteiger partial charge in [-0.2, -0.15) is 13.2 Å². The van der Waals surface area contributed by atoms with Crippen molar-refractivity contribution in [3.8, 4) is 0 Å². The van der Waals surface area contributed by atoms with Crippen molar-refractivity contribution in [1.29, 1.82) is 0 Å². The highest BCUT2D eigenvalue weighted by atomic mass is 32.2. The SMILES string of the molecule is CC(C)S(=O)(=O)c1ccccc1NC(=O)CC(F)(F)F. The van der Waals surface area contributed by atoms with Gasteiger partial charge in [0.15, 0.2) is 9.84 Å². The molecule has 0 unspecified atom stereocenters. The van der Waals surface area contributed by atoms with Crippen molar-refractivity contribution < 1.29 is 26.4 Å². The van der Waals surface area contributed by atoms with E-state index in [1.165, 1.54) is 38.1 Å². The first kappa shape index (κ1) is 16.5. The third kappa shape index (κ3) is 4.22. The Morgan fingerprint density at radius 3 is 2.30 bits per heavy atom. The first-order valence-corrected chi connectivity index (χ1v) is 7.28. The molecule has 0 aliphatic rings. The van der Waals surface area contributed by atoms with Gasteiger partial charge in [0.1, 0.15) is 6.42 Å². The second-order valence-corrected chi connectivity index (χ2v) is 6.90. The van der Waals surface area contributed by atoms with Gasteiger partial charge in [-0.3, -0.25) is 4.79 Å². The van der Waals surface area contributed by atoms with Crippen LogP contribution in [0, 0.1) is 0 Å². The van der Waals surface area contributed by atoms with Crippen LogP contribution in [0.5, 0.6) is 0 Å². The molecule has 1 aromatic carbocycles. The number of carbonyl (C=O) groups is 1. The van der Waals surface area contributed by atoms with Crippen LogP contribution < -0.4 is 5.32 Å². The molecule has 0 fully saturated rings. The van der Waals surface area contributed by atoms with Crippen LogP contribution >= 0.6 is 0 Å². The smallest absolute Gasteiger partial charge is 0.325 e. The fourth-order valence-corrected chi connectivity index (χ4v) is 2.65. The summed E-state index contributed by atoms with van der Waals surface area (Å²) in [5, 5.41) is 1.24. The Morgan fingerprint density at radius 2 is 1.80 bits per heavy atom. The number of nitrogens with one attached hydrogen (secondary N) is 1. The number of rotatable bonds is 4. The number of anilines is 1. The third-order valence-electron chi connectivity index (χ3n) is 2.45. The standard InChI is InChI=1S/C12H14F3NO3S/c1-8(2)20(18,19)10-6-4-3-5-9(10)16-11(17)7-12(13,14)15/h3-6,8H,7H2,1-2H3,(H,16,17). The molecule has 1 rings (SSSR count). The van der Waals surface area contributed by atoms with Crippen LogP contribution in [-0.4, -0.2) is 25.8 Å². The average molecular weight is 309 g/mol. The Kier molecular flexibility index (Phi) is 4.80. The Morgan fingerprint density at radius 1 is 1.25 bits per heavy atom. The van der Waals surface area contributed by atoms with Crippen LogP contribution in [0.15, 0.2) is 29.2 Å². The van der Waals surface area contributed by atoms with Gasteiger partial charge < -0.3 is 5.32 Å². The second kappa shape index (κ2) is 5.82. The number of benzene rings is 1. The van der Waals surface area contributed by atoms with Crippen LogP contribution in [0.4, 0.5) is 18.9 Å². The van der Waals surface area contributed by atoms with Crippen LogP contribution in [0.3, 0.4) is 0 Å². The Hall–Kier alpha value is -1.57. The number of hydrogen-bond donors (Lipinski definition) is 1. The summed E-state index contributed by atoms with van der Waals surface area (Å²) in [5.74, 6) is -1.30. The number of sulfone groups is 1. The summed E-state index contributed by atoms with van der Waals surface area (Å²) in [7, 11) is -3.69. The number of amides is 1. The van der Waals surface area contributed by atoms with Gasteiger partial charge >= 0.3 is 6.18 Å². The monoisotopic (exact) mass is 309 g/mol. The van der Waals surface area contributed by atoms with E-state index in [1.807, 2.05) is 5.32 Å². The fraction of sp³-hybridized carbons (Fsp3) is 0.417. The van der Waals surface area contributed by atoms with Crippen LogP contribution in [0.25, 0.3) is 0 Å². The lowest BCUT2D eigenvalue weighted by Crippen LogP contribution is -2.23. The zero-order valence-corrected chi connectivity index (χ0v) is 11.7. The van der Waals surface area contributed by atoms with Gasteiger partial charge in [0.05, 0.1) is 15.8 Å². The number of carbonyl (C=O) groups excluding carboxylic acids is 1. The lowest BCUT2D eigenvalue weighted by Gasteiger charge is -2.14. The van der Waals surface area contributed by atoms with Crippen LogP contribution in [0.2, 0.25) is 0 Å². The van der Waals surface area contributed by atoms with Crippen LogP contribution in [0.1, 0.15) is 20.3 Å². The summed E-state index contributed by atoms with van der Waals surface area (Å²) < 4.78 is 60.4. The van der Waals surface area contributed by atoms with Crippen molar-refractivity contribution in [2.75, 3.05) is 5.32 Å². The molecular weight excluding hydrogens is 295 g/mol. The summed E-state index contributed by atoms with van der Waals surface area (Å²) in [6.45, 7) is 2.90. The summed E-state index contributed by atoms with van der Waals surface area (Å²) >= 11 is 0. The number of halogens is 3. The molecule has 0 radical (unpaired) electrons. The van der Waals surface area contributed by atoms with Crippen molar-refractivity contribution in [1.82, 2.24) is 0 Å². The zero-order valence-electron chi connectivity index (χ0n) is 10.9. The largest absolute Gasteiger partial charge is 0.397 e. The molecule has 1 amide bonds. The average Bonchev–Trinajstić information content (AvgIpc) is 2.26. The number of hydrogen-bond acceptors (Lipinski definition) is 3. The van der Waals surface area contributed by atoms with Crippen molar-refractivity contribution in [3.05, 3.63) is 24.3 Å². The maximum atomic E-state index is 12.1. The molecule has 4 nitrogen and oxygen atoms in total. The van der Waals surface area contributed by atoms with Crippen LogP contribution in [-0.2, 0) is 14.6 Å². The molecule has 8 heteroatoms. The molecule has 0 saturated carbocycles. The topological polar surface area (TPSA) is 63.2 Å². The summed E-state index contributed by atoms with van der Waals surface area (Å²) in [5.41, 5.74) is -0.143. The molecule has 1 N–H and O–H groups in total.